The molecular formula is C32H35N3O4. The number of hydrogen-bond donors (Lipinski definition) is 1. The summed E-state index contributed by atoms with van der Waals surface area (Å²) in [5.74, 6) is -0.219. The zero-order chi connectivity index (χ0) is 27.4. The van der Waals surface area contributed by atoms with Crippen molar-refractivity contribution in [3.63, 3.8) is 0 Å². The third-order valence-corrected chi connectivity index (χ3v) is 7.82. The normalized spacial score (nSPS) is 18.5. The zero-order valence-electron chi connectivity index (χ0n) is 22.5. The summed E-state index contributed by atoms with van der Waals surface area (Å²) < 4.78 is 5.52. The number of nitrogens with one attached hydrogen (secondary N) is 1. The van der Waals surface area contributed by atoms with Crippen molar-refractivity contribution in [2.24, 2.45) is 5.92 Å². The largest absolute Gasteiger partial charge is 0.457 e. The fourth-order valence-electron chi connectivity index (χ4n) is 5.58. The number of esters is 1. The first-order valence-corrected chi connectivity index (χ1v) is 13.6. The van der Waals surface area contributed by atoms with Gasteiger partial charge < -0.3 is 14.5 Å². The van der Waals surface area contributed by atoms with E-state index in [4.69, 9.17) is 4.74 Å². The average molecular weight is 526 g/mol. The van der Waals surface area contributed by atoms with Crippen molar-refractivity contribution in [2.75, 3.05) is 13.1 Å². The van der Waals surface area contributed by atoms with Crippen molar-refractivity contribution in [2.45, 2.75) is 51.5 Å². The van der Waals surface area contributed by atoms with Crippen LogP contribution in [0.2, 0.25) is 0 Å². The standard InChI is InChI=1S/C32H35N3O4/c1-23(2)28-30(37)35(21-24-11-5-3-6-12-24)32(33-28)17-19-34(20-18-32)29(36)27-16-10-9-15-26(27)22-39-31(38)25-13-7-4-8-14-25/h3-16,23,28,33H,17-22H2,1-2H3. The molecule has 2 amide bonds. The highest BCUT2D eigenvalue weighted by molar-refractivity contribution is 5.96. The first kappa shape index (κ1) is 26.6. The van der Waals surface area contributed by atoms with E-state index in [1.54, 1.807) is 30.3 Å². The van der Waals surface area contributed by atoms with Gasteiger partial charge >= 0.3 is 5.97 Å². The Labute approximate surface area is 229 Å². The number of carbonyl (C=O) groups is 3. The lowest BCUT2D eigenvalue weighted by Crippen LogP contribution is -2.59. The van der Waals surface area contributed by atoms with Crippen LogP contribution in [0.3, 0.4) is 0 Å². The van der Waals surface area contributed by atoms with Crippen LogP contribution in [0.25, 0.3) is 0 Å². The van der Waals surface area contributed by atoms with E-state index in [-0.39, 0.29) is 30.4 Å². The van der Waals surface area contributed by atoms with Gasteiger partial charge in [-0.15, -0.1) is 0 Å². The molecule has 7 heteroatoms. The van der Waals surface area contributed by atoms with Crippen molar-refractivity contribution >= 4 is 17.8 Å². The highest BCUT2D eigenvalue weighted by Crippen LogP contribution is 2.36. The number of carbonyl (C=O) groups excluding carboxylic acids is 3. The molecule has 0 aromatic heterocycles. The van der Waals surface area contributed by atoms with E-state index < -0.39 is 11.6 Å². The fourth-order valence-corrected chi connectivity index (χ4v) is 5.58. The summed E-state index contributed by atoms with van der Waals surface area (Å²) in [4.78, 5) is 43.4. The Morgan fingerprint density at radius 3 is 2.21 bits per heavy atom. The Hall–Kier alpha value is -3.97. The predicted octanol–water partition coefficient (Wildman–Crippen LogP) is 4.63. The highest BCUT2D eigenvalue weighted by atomic mass is 16.5. The minimum absolute atomic E-state index is 0.0183. The van der Waals surface area contributed by atoms with Gasteiger partial charge in [0.05, 0.1) is 17.3 Å². The Morgan fingerprint density at radius 1 is 0.923 bits per heavy atom. The summed E-state index contributed by atoms with van der Waals surface area (Å²) in [5.41, 5.74) is 2.29. The minimum Gasteiger partial charge on any atom is -0.457 e. The van der Waals surface area contributed by atoms with Gasteiger partial charge in [0.25, 0.3) is 5.91 Å². The highest BCUT2D eigenvalue weighted by Gasteiger charge is 2.52. The Kier molecular flexibility index (Phi) is 7.79. The lowest BCUT2D eigenvalue weighted by Gasteiger charge is -2.45. The van der Waals surface area contributed by atoms with Crippen LogP contribution in [0.4, 0.5) is 0 Å². The molecule has 3 aromatic rings. The quantitative estimate of drug-likeness (QED) is 0.455. The van der Waals surface area contributed by atoms with Crippen LogP contribution in [0.1, 0.15) is 58.5 Å². The van der Waals surface area contributed by atoms with E-state index in [0.29, 0.717) is 49.2 Å². The van der Waals surface area contributed by atoms with Crippen molar-refractivity contribution in [1.29, 1.82) is 0 Å². The zero-order valence-corrected chi connectivity index (χ0v) is 22.5. The van der Waals surface area contributed by atoms with Crippen LogP contribution in [0.15, 0.2) is 84.9 Å². The number of piperidine rings is 1. The molecule has 2 fully saturated rings. The maximum Gasteiger partial charge on any atom is 0.338 e. The predicted molar refractivity (Wildman–Crippen MR) is 149 cm³/mol. The second kappa shape index (κ2) is 11.4. The van der Waals surface area contributed by atoms with Gasteiger partial charge in [-0.25, -0.2) is 4.79 Å². The lowest BCUT2D eigenvalue weighted by molar-refractivity contribution is -0.134. The molecule has 1 unspecified atom stereocenters. The summed E-state index contributed by atoms with van der Waals surface area (Å²) in [7, 11) is 0. The van der Waals surface area contributed by atoms with Crippen molar-refractivity contribution < 1.29 is 19.1 Å². The van der Waals surface area contributed by atoms with Crippen molar-refractivity contribution in [1.82, 2.24) is 15.1 Å². The second-order valence-electron chi connectivity index (χ2n) is 10.7. The van der Waals surface area contributed by atoms with Crippen LogP contribution in [0.5, 0.6) is 0 Å². The molecule has 2 aliphatic heterocycles. The van der Waals surface area contributed by atoms with E-state index in [1.165, 1.54) is 0 Å². The van der Waals surface area contributed by atoms with Gasteiger partial charge in [0, 0.05) is 43.6 Å². The number of ether oxygens (including phenoxy) is 1. The summed E-state index contributed by atoms with van der Waals surface area (Å²) in [6, 6.07) is 25.9. The van der Waals surface area contributed by atoms with E-state index in [2.05, 4.69) is 19.2 Å². The van der Waals surface area contributed by atoms with Gasteiger partial charge in [-0.2, -0.15) is 0 Å². The van der Waals surface area contributed by atoms with Crippen molar-refractivity contribution in [3.05, 3.63) is 107 Å². The Balaban J connectivity index is 1.28. The smallest absolute Gasteiger partial charge is 0.338 e. The molecule has 0 radical (unpaired) electrons. The Morgan fingerprint density at radius 2 is 1.54 bits per heavy atom. The van der Waals surface area contributed by atoms with E-state index in [9.17, 15) is 14.4 Å². The molecule has 0 aliphatic carbocycles. The van der Waals surface area contributed by atoms with Crippen LogP contribution < -0.4 is 5.32 Å². The van der Waals surface area contributed by atoms with E-state index >= 15 is 0 Å². The lowest BCUT2D eigenvalue weighted by atomic mass is 9.94. The molecule has 1 atom stereocenters. The molecule has 7 nitrogen and oxygen atoms in total. The molecule has 202 valence electrons. The number of hydrogen-bond acceptors (Lipinski definition) is 5. The number of nitrogens with zero attached hydrogens (tertiary/aromatic N) is 2. The van der Waals surface area contributed by atoms with Crippen LogP contribution in [0, 0.1) is 5.92 Å². The molecule has 3 aromatic carbocycles. The number of rotatable bonds is 7. The third kappa shape index (κ3) is 5.59. The molecule has 2 aliphatic rings. The van der Waals surface area contributed by atoms with Gasteiger partial charge in [-0.05, 0) is 29.7 Å². The molecule has 1 N–H and O–H groups in total. The molecule has 2 saturated heterocycles. The summed E-state index contributed by atoms with van der Waals surface area (Å²) in [6.45, 7) is 5.73. The number of benzene rings is 3. The first-order valence-electron chi connectivity index (χ1n) is 13.6. The third-order valence-electron chi connectivity index (χ3n) is 7.82. The van der Waals surface area contributed by atoms with E-state index in [1.807, 2.05) is 64.4 Å². The maximum atomic E-state index is 13.6. The van der Waals surface area contributed by atoms with Gasteiger partial charge in [0.15, 0.2) is 0 Å². The Bertz CT molecular complexity index is 1320. The maximum absolute atomic E-state index is 13.6. The topological polar surface area (TPSA) is 79.0 Å². The molecule has 2 heterocycles. The van der Waals surface area contributed by atoms with Gasteiger partial charge in [-0.3, -0.25) is 14.9 Å². The van der Waals surface area contributed by atoms with Crippen LogP contribution in [-0.4, -0.2) is 52.4 Å². The first-order chi connectivity index (χ1) is 18.9. The van der Waals surface area contributed by atoms with Crippen LogP contribution >= 0.6 is 0 Å². The summed E-state index contributed by atoms with van der Waals surface area (Å²) in [5, 5.41) is 3.67. The van der Waals surface area contributed by atoms with E-state index in [0.717, 1.165) is 5.56 Å². The summed E-state index contributed by atoms with van der Waals surface area (Å²) in [6.07, 6.45) is 1.29. The molecule has 1 spiro atoms. The SMILES string of the molecule is CC(C)C1NC2(CCN(C(=O)c3ccccc3COC(=O)c3ccccc3)CC2)N(Cc2ccccc2)C1=O. The summed E-state index contributed by atoms with van der Waals surface area (Å²) >= 11 is 0. The number of amides is 2. The molecule has 0 saturated carbocycles. The van der Waals surface area contributed by atoms with Gasteiger partial charge in [0.2, 0.25) is 5.91 Å². The number of likely N-dealkylation sites (tertiary alicyclic amines) is 1. The van der Waals surface area contributed by atoms with Crippen LogP contribution in [-0.2, 0) is 22.7 Å². The van der Waals surface area contributed by atoms with Gasteiger partial charge in [0.1, 0.15) is 6.61 Å². The van der Waals surface area contributed by atoms with Gasteiger partial charge in [-0.1, -0.05) is 80.6 Å². The average Bonchev–Trinajstić information content (AvgIpc) is 3.23. The molecular weight excluding hydrogens is 490 g/mol. The van der Waals surface area contributed by atoms with Crippen molar-refractivity contribution in [3.8, 4) is 0 Å². The minimum atomic E-state index is -0.483. The molecule has 5 rings (SSSR count). The fraction of sp³-hybridized carbons (Fsp3) is 0.344. The monoisotopic (exact) mass is 525 g/mol. The second-order valence-corrected chi connectivity index (χ2v) is 10.7. The molecule has 39 heavy (non-hydrogen) atoms. The molecule has 0 bridgehead atoms.